The molecule has 4 rings (SSSR count). The molecule has 5 N–H and O–H groups in total. The summed E-state index contributed by atoms with van der Waals surface area (Å²) in [5, 5.41) is 13.4. The maximum atomic E-state index is 12.7. The Morgan fingerprint density at radius 1 is 1.00 bits per heavy atom. The molecule has 0 aliphatic heterocycles. The van der Waals surface area contributed by atoms with Gasteiger partial charge in [0.05, 0.1) is 12.4 Å². The standard InChI is InChI=1S/C29H35N3O5S.2ClH/c1-38(35,36)32-29(34)26-15-10-23(18-27(26)21-4-2-3-5-21)20-8-13-25(14-9-20)37-17-16-31-19-28(33)22-6-11-24(30)12-7-22;;/h6-15,18,21,28,31,33H,2-5,16-17,19,30H2,1H3,(H,32,34);2*1H/t28-;;/m0../s1. The Hall–Kier alpha value is -2.82. The molecular weight excluding hydrogens is 573 g/mol. The Morgan fingerprint density at radius 3 is 2.25 bits per heavy atom. The van der Waals surface area contributed by atoms with Gasteiger partial charge in [-0.25, -0.2) is 13.1 Å². The van der Waals surface area contributed by atoms with Gasteiger partial charge in [-0.05, 0) is 71.3 Å². The van der Waals surface area contributed by atoms with Crippen LogP contribution in [0.1, 0.15) is 59.2 Å². The molecule has 1 aliphatic carbocycles. The van der Waals surface area contributed by atoms with Gasteiger partial charge in [0, 0.05) is 24.3 Å². The number of halogens is 2. The molecule has 40 heavy (non-hydrogen) atoms. The number of carbonyl (C=O) groups excluding carboxylic acids is 1. The molecule has 8 nitrogen and oxygen atoms in total. The van der Waals surface area contributed by atoms with Gasteiger partial charge in [0.2, 0.25) is 10.0 Å². The van der Waals surface area contributed by atoms with E-state index in [9.17, 15) is 18.3 Å². The zero-order valence-electron chi connectivity index (χ0n) is 22.3. The maximum Gasteiger partial charge on any atom is 0.265 e. The maximum absolute atomic E-state index is 12.7. The molecule has 1 atom stereocenters. The number of aliphatic hydroxyl groups is 1. The second-order valence-electron chi connectivity index (χ2n) is 9.75. The lowest BCUT2D eigenvalue weighted by Crippen LogP contribution is -2.30. The van der Waals surface area contributed by atoms with E-state index in [1.165, 1.54) is 0 Å². The number of nitrogens with two attached hydrogens (primary N) is 1. The minimum absolute atomic E-state index is 0. The Morgan fingerprint density at radius 2 is 1.62 bits per heavy atom. The summed E-state index contributed by atoms with van der Waals surface area (Å²) in [6.07, 6.45) is 4.54. The van der Waals surface area contributed by atoms with Crippen molar-refractivity contribution in [1.82, 2.24) is 10.0 Å². The number of rotatable bonds is 11. The van der Waals surface area contributed by atoms with Crippen molar-refractivity contribution in [1.29, 1.82) is 0 Å². The number of nitrogen functional groups attached to an aromatic ring is 1. The van der Waals surface area contributed by atoms with Crippen LogP contribution in [-0.2, 0) is 10.0 Å². The fourth-order valence-corrected chi connectivity index (χ4v) is 5.25. The van der Waals surface area contributed by atoms with Crippen LogP contribution in [0, 0.1) is 0 Å². The summed E-state index contributed by atoms with van der Waals surface area (Å²) in [7, 11) is -3.64. The van der Waals surface area contributed by atoms with Crippen molar-refractivity contribution in [3.8, 4) is 16.9 Å². The summed E-state index contributed by atoms with van der Waals surface area (Å²) in [5.41, 5.74) is 10.4. The van der Waals surface area contributed by atoms with Crippen LogP contribution in [0.5, 0.6) is 5.75 Å². The van der Waals surface area contributed by atoms with Crippen LogP contribution in [-0.4, -0.2) is 45.4 Å². The van der Waals surface area contributed by atoms with Gasteiger partial charge >= 0.3 is 0 Å². The summed E-state index contributed by atoms with van der Waals surface area (Å²) >= 11 is 0. The van der Waals surface area contributed by atoms with E-state index >= 15 is 0 Å². The highest BCUT2D eigenvalue weighted by molar-refractivity contribution is 7.89. The lowest BCUT2D eigenvalue weighted by molar-refractivity contribution is 0.0980. The van der Waals surface area contributed by atoms with Crippen LogP contribution in [0.3, 0.4) is 0 Å². The number of ether oxygens (including phenoxy) is 1. The van der Waals surface area contributed by atoms with E-state index in [1.807, 2.05) is 48.5 Å². The monoisotopic (exact) mass is 609 g/mol. The normalized spacial score (nSPS) is 14.1. The molecule has 11 heteroatoms. The molecule has 1 aliphatic rings. The molecule has 1 fully saturated rings. The van der Waals surface area contributed by atoms with Gasteiger partial charge in [0.1, 0.15) is 12.4 Å². The lowest BCUT2D eigenvalue weighted by atomic mass is 9.89. The van der Waals surface area contributed by atoms with Gasteiger partial charge in [-0.15, -0.1) is 24.8 Å². The third-order valence-corrected chi connectivity index (χ3v) is 7.32. The van der Waals surface area contributed by atoms with Crippen molar-refractivity contribution in [2.24, 2.45) is 0 Å². The minimum Gasteiger partial charge on any atom is -0.492 e. The Labute approximate surface area is 248 Å². The first kappa shape index (κ1) is 33.4. The molecule has 3 aromatic rings. The van der Waals surface area contributed by atoms with Crippen molar-refractivity contribution < 1.29 is 23.1 Å². The minimum atomic E-state index is -3.64. The number of nitrogens with one attached hydrogen (secondary N) is 2. The van der Waals surface area contributed by atoms with Gasteiger partial charge in [-0.2, -0.15) is 0 Å². The molecule has 218 valence electrons. The Kier molecular flexibility index (Phi) is 12.7. The predicted octanol–water partition coefficient (Wildman–Crippen LogP) is 4.83. The second-order valence-corrected chi connectivity index (χ2v) is 11.5. The van der Waals surface area contributed by atoms with Crippen molar-refractivity contribution in [3.05, 3.63) is 83.4 Å². The number of benzene rings is 3. The van der Waals surface area contributed by atoms with Crippen molar-refractivity contribution in [3.63, 3.8) is 0 Å². The molecule has 0 saturated heterocycles. The van der Waals surface area contributed by atoms with Gasteiger partial charge < -0.3 is 20.9 Å². The van der Waals surface area contributed by atoms with E-state index in [0.29, 0.717) is 30.9 Å². The molecule has 1 saturated carbocycles. The highest BCUT2D eigenvalue weighted by Gasteiger charge is 2.24. The quantitative estimate of drug-likeness (QED) is 0.181. The number of amides is 1. The molecular formula is C29H37Cl2N3O5S. The van der Waals surface area contributed by atoms with E-state index in [1.54, 1.807) is 18.2 Å². The molecule has 3 aromatic carbocycles. The van der Waals surface area contributed by atoms with Crippen molar-refractivity contribution in [2.75, 3.05) is 31.7 Å². The van der Waals surface area contributed by atoms with Gasteiger partial charge in [0.25, 0.3) is 5.91 Å². The summed E-state index contributed by atoms with van der Waals surface area (Å²) in [4.78, 5) is 12.7. The highest BCUT2D eigenvalue weighted by Crippen LogP contribution is 2.38. The first-order chi connectivity index (χ1) is 18.2. The molecule has 0 radical (unpaired) electrons. The predicted molar refractivity (Wildman–Crippen MR) is 164 cm³/mol. The number of hydrogen-bond acceptors (Lipinski definition) is 7. The van der Waals surface area contributed by atoms with E-state index < -0.39 is 22.0 Å². The summed E-state index contributed by atoms with van der Waals surface area (Å²) in [6.45, 7) is 1.44. The van der Waals surface area contributed by atoms with Gasteiger partial charge in [-0.3, -0.25) is 4.79 Å². The lowest BCUT2D eigenvalue weighted by Gasteiger charge is -2.17. The van der Waals surface area contributed by atoms with E-state index in [-0.39, 0.29) is 30.7 Å². The van der Waals surface area contributed by atoms with Gasteiger partial charge in [0.15, 0.2) is 0 Å². The summed E-state index contributed by atoms with van der Waals surface area (Å²) in [5.74, 6) is 0.387. The Balaban J connectivity index is 0.00000280. The van der Waals surface area contributed by atoms with Crippen LogP contribution < -0.4 is 20.5 Å². The fraction of sp³-hybridized carbons (Fsp3) is 0.345. The first-order valence-corrected chi connectivity index (χ1v) is 14.7. The molecule has 0 aromatic heterocycles. The van der Waals surface area contributed by atoms with Crippen molar-refractivity contribution >= 4 is 46.4 Å². The summed E-state index contributed by atoms with van der Waals surface area (Å²) in [6, 6.07) is 20.5. The fourth-order valence-electron chi connectivity index (χ4n) is 4.81. The molecule has 0 spiro atoms. The van der Waals surface area contributed by atoms with Crippen LogP contribution in [0.15, 0.2) is 66.7 Å². The SMILES string of the molecule is CS(=O)(=O)NC(=O)c1ccc(-c2ccc(OCCNC[C@H](O)c3ccc(N)cc3)cc2)cc1C1CCCC1.Cl.Cl. The third kappa shape index (κ3) is 9.38. The summed E-state index contributed by atoms with van der Waals surface area (Å²) < 4.78 is 31.2. The average Bonchev–Trinajstić information content (AvgIpc) is 3.43. The van der Waals surface area contributed by atoms with E-state index in [0.717, 1.165) is 59.9 Å². The van der Waals surface area contributed by atoms with E-state index in [2.05, 4.69) is 10.0 Å². The smallest absolute Gasteiger partial charge is 0.265 e. The number of aliphatic hydroxyl groups excluding tert-OH is 1. The van der Waals surface area contributed by atoms with Crippen molar-refractivity contribution in [2.45, 2.75) is 37.7 Å². The third-order valence-electron chi connectivity index (χ3n) is 6.76. The highest BCUT2D eigenvalue weighted by atomic mass is 35.5. The van der Waals surface area contributed by atoms with Crippen LogP contribution in [0.2, 0.25) is 0 Å². The van der Waals surface area contributed by atoms with Crippen LogP contribution in [0.4, 0.5) is 5.69 Å². The largest absolute Gasteiger partial charge is 0.492 e. The molecule has 1 amide bonds. The number of carbonyl (C=O) groups is 1. The second kappa shape index (κ2) is 15.3. The molecule has 0 heterocycles. The molecule has 0 unspecified atom stereocenters. The first-order valence-electron chi connectivity index (χ1n) is 12.8. The zero-order chi connectivity index (χ0) is 27.1. The number of sulfonamides is 1. The number of anilines is 1. The van der Waals surface area contributed by atoms with Gasteiger partial charge in [-0.1, -0.05) is 49.2 Å². The Bertz CT molecular complexity index is 1350. The topological polar surface area (TPSA) is 131 Å². The number of hydrogen-bond donors (Lipinski definition) is 4. The zero-order valence-corrected chi connectivity index (χ0v) is 24.8. The molecule has 0 bridgehead atoms. The van der Waals surface area contributed by atoms with Crippen LogP contribution >= 0.6 is 24.8 Å². The average molecular weight is 611 g/mol. The van der Waals surface area contributed by atoms with Crippen LogP contribution in [0.25, 0.3) is 11.1 Å². The van der Waals surface area contributed by atoms with E-state index in [4.69, 9.17) is 10.5 Å².